The van der Waals surface area contributed by atoms with Gasteiger partial charge in [-0.1, -0.05) is 18.9 Å². The topological polar surface area (TPSA) is 46.5 Å². The lowest BCUT2D eigenvalue weighted by atomic mass is 9.79. The fourth-order valence-corrected chi connectivity index (χ4v) is 3.11. The maximum atomic E-state index is 11.5. The zero-order valence-electron chi connectivity index (χ0n) is 9.70. The van der Waals surface area contributed by atoms with Crippen molar-refractivity contribution in [1.29, 1.82) is 0 Å². The van der Waals surface area contributed by atoms with Crippen LogP contribution < -0.4 is 4.74 Å². The van der Waals surface area contributed by atoms with E-state index in [4.69, 9.17) is 4.74 Å². The highest BCUT2D eigenvalue weighted by molar-refractivity contribution is 9.10. The monoisotopic (exact) mass is 298 g/mol. The molecule has 0 unspecified atom stereocenters. The van der Waals surface area contributed by atoms with Crippen LogP contribution >= 0.6 is 15.9 Å². The molecule has 1 N–H and O–H groups in total. The summed E-state index contributed by atoms with van der Waals surface area (Å²) in [7, 11) is 1.60. The lowest BCUT2D eigenvalue weighted by Crippen LogP contribution is -2.32. The summed E-state index contributed by atoms with van der Waals surface area (Å²) < 4.78 is 5.97. The lowest BCUT2D eigenvalue weighted by Gasteiger charge is -2.24. The molecule has 1 saturated carbocycles. The molecular formula is C13H15BrO3. The second-order valence-electron chi connectivity index (χ2n) is 4.44. The zero-order chi connectivity index (χ0) is 12.5. The van der Waals surface area contributed by atoms with Crippen LogP contribution in [0.25, 0.3) is 0 Å². The van der Waals surface area contributed by atoms with Crippen molar-refractivity contribution in [3.63, 3.8) is 0 Å². The number of carboxylic acids is 1. The van der Waals surface area contributed by atoms with Crippen molar-refractivity contribution < 1.29 is 14.6 Å². The van der Waals surface area contributed by atoms with Crippen molar-refractivity contribution >= 4 is 21.9 Å². The van der Waals surface area contributed by atoms with Gasteiger partial charge in [0, 0.05) is 0 Å². The third-order valence-corrected chi connectivity index (χ3v) is 4.19. The summed E-state index contributed by atoms with van der Waals surface area (Å²) in [6.07, 6.45) is 3.41. The number of ether oxygens (including phenoxy) is 1. The minimum Gasteiger partial charge on any atom is -0.496 e. The number of hydrogen-bond acceptors (Lipinski definition) is 2. The third-order valence-electron chi connectivity index (χ3n) is 3.57. The Kier molecular flexibility index (Phi) is 3.43. The molecule has 0 saturated heterocycles. The van der Waals surface area contributed by atoms with Gasteiger partial charge >= 0.3 is 5.97 Å². The summed E-state index contributed by atoms with van der Waals surface area (Å²) in [5, 5.41) is 9.49. The molecule has 3 nitrogen and oxygen atoms in total. The summed E-state index contributed by atoms with van der Waals surface area (Å²) in [5.41, 5.74) is 0.171. The normalized spacial score (nSPS) is 18.0. The predicted molar refractivity (Wildman–Crippen MR) is 68.5 cm³/mol. The van der Waals surface area contributed by atoms with Crippen molar-refractivity contribution in [2.24, 2.45) is 0 Å². The average Bonchev–Trinajstić information content (AvgIpc) is 2.79. The molecule has 0 aromatic heterocycles. The van der Waals surface area contributed by atoms with Crippen LogP contribution in [-0.2, 0) is 10.2 Å². The van der Waals surface area contributed by atoms with Gasteiger partial charge in [0.25, 0.3) is 0 Å². The van der Waals surface area contributed by atoms with Crippen LogP contribution in [0.3, 0.4) is 0 Å². The van der Waals surface area contributed by atoms with Gasteiger partial charge in [0.1, 0.15) is 5.75 Å². The lowest BCUT2D eigenvalue weighted by molar-refractivity contribution is -0.143. The van der Waals surface area contributed by atoms with E-state index in [2.05, 4.69) is 15.9 Å². The molecule has 0 aliphatic heterocycles. The molecule has 1 aromatic carbocycles. The Morgan fingerprint density at radius 2 is 2.06 bits per heavy atom. The van der Waals surface area contributed by atoms with Gasteiger partial charge in [-0.15, -0.1) is 0 Å². The van der Waals surface area contributed by atoms with Gasteiger partial charge in [0.2, 0.25) is 0 Å². The van der Waals surface area contributed by atoms with Crippen LogP contribution in [0.15, 0.2) is 22.7 Å². The van der Waals surface area contributed by atoms with Crippen molar-refractivity contribution in [3.8, 4) is 5.75 Å². The summed E-state index contributed by atoms with van der Waals surface area (Å²) in [5.74, 6) is 0.0133. The molecule has 0 radical (unpaired) electrons. The fraction of sp³-hybridized carbons (Fsp3) is 0.462. The van der Waals surface area contributed by atoms with E-state index < -0.39 is 11.4 Å². The number of aliphatic carboxylic acids is 1. The second kappa shape index (κ2) is 4.69. The first-order chi connectivity index (χ1) is 8.10. The van der Waals surface area contributed by atoms with Crippen molar-refractivity contribution in [1.82, 2.24) is 0 Å². The van der Waals surface area contributed by atoms with Gasteiger partial charge in [-0.25, -0.2) is 0 Å². The van der Waals surface area contributed by atoms with Crippen molar-refractivity contribution in [2.45, 2.75) is 31.1 Å². The second-order valence-corrected chi connectivity index (χ2v) is 5.30. The van der Waals surface area contributed by atoms with Crippen molar-refractivity contribution in [3.05, 3.63) is 28.2 Å². The predicted octanol–water partition coefficient (Wildman–Crippen LogP) is 3.35. The Balaban J connectivity index is 2.44. The van der Waals surface area contributed by atoms with E-state index in [9.17, 15) is 9.90 Å². The maximum absolute atomic E-state index is 11.5. The van der Waals surface area contributed by atoms with Gasteiger partial charge < -0.3 is 9.84 Å². The molecule has 92 valence electrons. The van der Waals surface area contributed by atoms with E-state index in [1.165, 1.54) is 0 Å². The number of methoxy groups -OCH3 is 1. The molecule has 1 aromatic rings. The summed E-state index contributed by atoms with van der Waals surface area (Å²) >= 11 is 3.41. The van der Waals surface area contributed by atoms with E-state index in [0.29, 0.717) is 0 Å². The maximum Gasteiger partial charge on any atom is 0.314 e. The molecule has 4 heteroatoms. The van der Waals surface area contributed by atoms with Crippen LogP contribution in [0.5, 0.6) is 5.75 Å². The van der Waals surface area contributed by atoms with E-state index in [1.807, 2.05) is 18.2 Å². The van der Waals surface area contributed by atoms with Crippen LogP contribution in [-0.4, -0.2) is 18.2 Å². The zero-order valence-corrected chi connectivity index (χ0v) is 11.3. The highest BCUT2D eigenvalue weighted by Gasteiger charge is 2.43. The van der Waals surface area contributed by atoms with Gasteiger partial charge in [0.05, 0.1) is 17.0 Å². The smallest absolute Gasteiger partial charge is 0.314 e. The summed E-state index contributed by atoms with van der Waals surface area (Å²) in [4.78, 5) is 11.5. The molecule has 1 aliphatic rings. The Morgan fingerprint density at radius 1 is 1.41 bits per heavy atom. The number of hydrogen-bond donors (Lipinski definition) is 1. The molecule has 2 rings (SSSR count). The summed E-state index contributed by atoms with van der Waals surface area (Å²) in [6, 6.07) is 5.56. The molecule has 0 amide bonds. The molecule has 0 atom stereocenters. The number of rotatable bonds is 3. The molecule has 1 aliphatic carbocycles. The number of carbonyl (C=O) groups is 1. The Hall–Kier alpha value is -1.03. The number of carboxylic acid groups (broad SMARTS) is 1. The molecule has 1 fully saturated rings. The Bertz CT molecular complexity index is 436. The molecule has 0 heterocycles. The SMILES string of the molecule is COc1ccc(C2(C(=O)O)CCCC2)cc1Br. The minimum absolute atomic E-state index is 0.700. The number of halogens is 1. The fourth-order valence-electron chi connectivity index (χ4n) is 2.57. The number of benzene rings is 1. The third kappa shape index (κ3) is 2.06. The van der Waals surface area contributed by atoms with Crippen LogP contribution in [0, 0.1) is 0 Å². The quantitative estimate of drug-likeness (QED) is 0.931. The van der Waals surface area contributed by atoms with E-state index in [0.717, 1.165) is 41.5 Å². The molecular weight excluding hydrogens is 284 g/mol. The van der Waals surface area contributed by atoms with Crippen molar-refractivity contribution in [2.75, 3.05) is 7.11 Å². The Morgan fingerprint density at radius 3 is 2.53 bits per heavy atom. The highest BCUT2D eigenvalue weighted by Crippen LogP contribution is 2.43. The van der Waals surface area contributed by atoms with Crippen LogP contribution in [0.1, 0.15) is 31.2 Å². The van der Waals surface area contributed by atoms with E-state index >= 15 is 0 Å². The standard InChI is InChI=1S/C13H15BrO3/c1-17-11-5-4-9(8-10(11)14)13(12(15)16)6-2-3-7-13/h4-5,8H,2-3,6-7H2,1H3,(H,15,16). The van der Waals surface area contributed by atoms with Crippen LogP contribution in [0.2, 0.25) is 0 Å². The minimum atomic E-state index is -0.716. The Labute approximate surface area is 109 Å². The molecule has 0 spiro atoms. The molecule has 0 bridgehead atoms. The van der Waals surface area contributed by atoms with Crippen LogP contribution in [0.4, 0.5) is 0 Å². The largest absolute Gasteiger partial charge is 0.496 e. The van der Waals surface area contributed by atoms with E-state index in [-0.39, 0.29) is 0 Å². The first-order valence-corrected chi connectivity index (χ1v) is 6.47. The van der Waals surface area contributed by atoms with Gasteiger partial charge in [0.15, 0.2) is 0 Å². The highest BCUT2D eigenvalue weighted by atomic mass is 79.9. The molecule has 17 heavy (non-hydrogen) atoms. The average molecular weight is 299 g/mol. The van der Waals surface area contributed by atoms with Gasteiger partial charge in [-0.2, -0.15) is 0 Å². The van der Waals surface area contributed by atoms with Gasteiger partial charge in [-0.3, -0.25) is 4.79 Å². The first kappa shape index (κ1) is 12.4. The van der Waals surface area contributed by atoms with Gasteiger partial charge in [-0.05, 0) is 46.5 Å². The van der Waals surface area contributed by atoms with E-state index in [1.54, 1.807) is 7.11 Å². The first-order valence-electron chi connectivity index (χ1n) is 5.67. The summed E-state index contributed by atoms with van der Waals surface area (Å²) in [6.45, 7) is 0.